The largest absolute Gasteiger partial charge is 0.311 e. The van der Waals surface area contributed by atoms with E-state index in [1.165, 1.54) is 0 Å². The molecule has 1 aromatic heterocycles. The normalized spacial score (nSPS) is 18.7. The van der Waals surface area contributed by atoms with Crippen LogP contribution in [0.3, 0.4) is 0 Å². The van der Waals surface area contributed by atoms with E-state index in [0.717, 1.165) is 47.9 Å². The standard InChI is InChI=1S/C13H15ClN4/c14-10-4-1-3-9(7-10)8-13-17-16-12-6-2-5-11(15)18(12)13/h1,3-4,7,11H,2,5-6,8,15H2. The van der Waals surface area contributed by atoms with E-state index in [1.807, 2.05) is 24.3 Å². The van der Waals surface area contributed by atoms with Crippen molar-refractivity contribution in [1.82, 2.24) is 14.8 Å². The molecule has 1 aromatic carbocycles. The molecule has 18 heavy (non-hydrogen) atoms. The van der Waals surface area contributed by atoms with Gasteiger partial charge in [-0.2, -0.15) is 0 Å². The summed E-state index contributed by atoms with van der Waals surface area (Å²) in [5, 5.41) is 9.23. The van der Waals surface area contributed by atoms with Crippen molar-refractivity contribution in [3.05, 3.63) is 46.5 Å². The molecule has 0 amide bonds. The fourth-order valence-electron chi connectivity index (χ4n) is 2.46. The lowest BCUT2D eigenvalue weighted by molar-refractivity contribution is 0.399. The first-order valence-electron chi connectivity index (χ1n) is 6.17. The highest BCUT2D eigenvalue weighted by Crippen LogP contribution is 2.23. The number of halogens is 1. The first-order valence-corrected chi connectivity index (χ1v) is 6.54. The number of rotatable bonds is 2. The van der Waals surface area contributed by atoms with Crippen LogP contribution in [-0.4, -0.2) is 14.8 Å². The molecule has 0 saturated heterocycles. The SMILES string of the molecule is NC1CCCc2nnc(Cc3cccc(Cl)c3)n21. The zero-order chi connectivity index (χ0) is 12.5. The Morgan fingerprint density at radius 3 is 3.11 bits per heavy atom. The molecule has 2 N–H and O–H groups in total. The zero-order valence-electron chi connectivity index (χ0n) is 10.0. The van der Waals surface area contributed by atoms with Crippen LogP contribution in [0.15, 0.2) is 24.3 Å². The van der Waals surface area contributed by atoms with Crippen LogP contribution < -0.4 is 5.73 Å². The molecule has 3 rings (SSSR count). The number of fused-ring (bicyclic) bond motifs is 1. The third kappa shape index (κ3) is 2.13. The molecule has 0 saturated carbocycles. The molecule has 1 unspecified atom stereocenters. The van der Waals surface area contributed by atoms with Gasteiger partial charge in [-0.05, 0) is 30.5 Å². The van der Waals surface area contributed by atoms with Crippen LogP contribution >= 0.6 is 11.6 Å². The Labute approximate surface area is 111 Å². The summed E-state index contributed by atoms with van der Waals surface area (Å²) >= 11 is 5.99. The summed E-state index contributed by atoms with van der Waals surface area (Å²) < 4.78 is 2.07. The van der Waals surface area contributed by atoms with E-state index in [4.69, 9.17) is 17.3 Å². The van der Waals surface area contributed by atoms with Gasteiger partial charge in [0.05, 0.1) is 6.17 Å². The Balaban J connectivity index is 1.92. The van der Waals surface area contributed by atoms with Crippen molar-refractivity contribution in [3.8, 4) is 0 Å². The highest BCUT2D eigenvalue weighted by atomic mass is 35.5. The third-order valence-corrected chi connectivity index (χ3v) is 3.56. The Bertz CT molecular complexity index is 564. The molecule has 5 heteroatoms. The molecule has 1 aliphatic heterocycles. The van der Waals surface area contributed by atoms with Gasteiger partial charge >= 0.3 is 0 Å². The number of benzene rings is 1. The number of hydrogen-bond donors (Lipinski definition) is 1. The fourth-order valence-corrected chi connectivity index (χ4v) is 2.68. The lowest BCUT2D eigenvalue weighted by atomic mass is 10.1. The van der Waals surface area contributed by atoms with Crippen LogP contribution in [0, 0.1) is 0 Å². The molecule has 0 radical (unpaired) electrons. The Kier molecular flexibility index (Phi) is 3.06. The van der Waals surface area contributed by atoms with Gasteiger partial charge in [-0.3, -0.25) is 4.57 Å². The maximum atomic E-state index is 6.13. The van der Waals surface area contributed by atoms with E-state index < -0.39 is 0 Å². The summed E-state index contributed by atoms with van der Waals surface area (Å²) in [6, 6.07) is 7.82. The van der Waals surface area contributed by atoms with Crippen LogP contribution in [0.4, 0.5) is 0 Å². The number of hydrogen-bond acceptors (Lipinski definition) is 3. The molecule has 94 valence electrons. The topological polar surface area (TPSA) is 56.7 Å². The fraction of sp³-hybridized carbons (Fsp3) is 0.385. The first-order chi connectivity index (χ1) is 8.74. The van der Waals surface area contributed by atoms with Gasteiger partial charge in [-0.15, -0.1) is 10.2 Å². The van der Waals surface area contributed by atoms with Crippen molar-refractivity contribution in [1.29, 1.82) is 0 Å². The van der Waals surface area contributed by atoms with Crippen molar-refractivity contribution in [2.45, 2.75) is 31.8 Å². The van der Waals surface area contributed by atoms with Gasteiger partial charge in [0.1, 0.15) is 11.6 Å². The summed E-state index contributed by atoms with van der Waals surface area (Å²) in [7, 11) is 0. The zero-order valence-corrected chi connectivity index (χ0v) is 10.8. The molecule has 2 aromatic rings. The van der Waals surface area contributed by atoms with Crippen LogP contribution in [0.5, 0.6) is 0 Å². The maximum absolute atomic E-state index is 6.13. The predicted molar refractivity (Wildman–Crippen MR) is 70.4 cm³/mol. The Morgan fingerprint density at radius 2 is 2.28 bits per heavy atom. The molecule has 1 atom stereocenters. The van der Waals surface area contributed by atoms with Gasteiger partial charge in [0.15, 0.2) is 0 Å². The van der Waals surface area contributed by atoms with E-state index in [1.54, 1.807) is 0 Å². The number of nitrogens with two attached hydrogens (primary N) is 1. The number of nitrogens with zero attached hydrogens (tertiary/aromatic N) is 3. The van der Waals surface area contributed by atoms with Crippen molar-refractivity contribution in [2.75, 3.05) is 0 Å². The van der Waals surface area contributed by atoms with E-state index in [-0.39, 0.29) is 6.17 Å². The second-order valence-electron chi connectivity index (χ2n) is 4.67. The first kappa shape index (κ1) is 11.7. The predicted octanol–water partition coefficient (Wildman–Crippen LogP) is 2.32. The lowest BCUT2D eigenvalue weighted by Gasteiger charge is -2.22. The smallest absolute Gasteiger partial charge is 0.138 e. The van der Waals surface area contributed by atoms with Crippen LogP contribution in [-0.2, 0) is 12.8 Å². The highest BCUT2D eigenvalue weighted by molar-refractivity contribution is 6.30. The van der Waals surface area contributed by atoms with E-state index >= 15 is 0 Å². The average Bonchev–Trinajstić information content (AvgIpc) is 2.74. The quantitative estimate of drug-likeness (QED) is 0.904. The van der Waals surface area contributed by atoms with Gasteiger partial charge in [-0.25, -0.2) is 0 Å². The van der Waals surface area contributed by atoms with Crippen LogP contribution in [0.25, 0.3) is 0 Å². The molecular weight excluding hydrogens is 248 g/mol. The van der Waals surface area contributed by atoms with E-state index in [9.17, 15) is 0 Å². The maximum Gasteiger partial charge on any atom is 0.138 e. The molecule has 1 aliphatic rings. The summed E-state index contributed by atoms with van der Waals surface area (Å²) in [4.78, 5) is 0. The van der Waals surface area contributed by atoms with Gasteiger partial charge in [0, 0.05) is 17.9 Å². The monoisotopic (exact) mass is 262 g/mol. The highest BCUT2D eigenvalue weighted by Gasteiger charge is 2.21. The molecule has 4 nitrogen and oxygen atoms in total. The Morgan fingerprint density at radius 1 is 1.39 bits per heavy atom. The molecule has 0 fully saturated rings. The van der Waals surface area contributed by atoms with Gasteiger partial charge in [-0.1, -0.05) is 23.7 Å². The number of aryl methyl sites for hydroxylation is 1. The van der Waals surface area contributed by atoms with Crippen molar-refractivity contribution >= 4 is 11.6 Å². The summed E-state index contributed by atoms with van der Waals surface area (Å²) in [6.07, 6.45) is 3.79. The second-order valence-corrected chi connectivity index (χ2v) is 5.11. The molecule has 0 aliphatic carbocycles. The van der Waals surface area contributed by atoms with Crippen LogP contribution in [0.2, 0.25) is 5.02 Å². The van der Waals surface area contributed by atoms with Crippen molar-refractivity contribution in [2.24, 2.45) is 5.73 Å². The van der Waals surface area contributed by atoms with Gasteiger partial charge in [0.25, 0.3) is 0 Å². The summed E-state index contributed by atoms with van der Waals surface area (Å²) in [5.74, 6) is 1.94. The summed E-state index contributed by atoms with van der Waals surface area (Å²) in [5.41, 5.74) is 7.27. The Hall–Kier alpha value is -1.39. The minimum atomic E-state index is 0.0120. The average molecular weight is 263 g/mol. The molecule has 0 bridgehead atoms. The minimum absolute atomic E-state index is 0.0120. The molecular formula is C13H15ClN4. The lowest BCUT2D eigenvalue weighted by Crippen LogP contribution is -2.26. The van der Waals surface area contributed by atoms with Crippen LogP contribution in [0.1, 0.15) is 36.2 Å². The van der Waals surface area contributed by atoms with E-state index in [2.05, 4.69) is 14.8 Å². The minimum Gasteiger partial charge on any atom is -0.311 e. The second kappa shape index (κ2) is 4.71. The molecule has 2 heterocycles. The van der Waals surface area contributed by atoms with Gasteiger partial charge in [0.2, 0.25) is 0 Å². The number of aromatic nitrogens is 3. The third-order valence-electron chi connectivity index (χ3n) is 3.32. The van der Waals surface area contributed by atoms with E-state index in [0.29, 0.717) is 0 Å². The molecule has 0 spiro atoms. The van der Waals surface area contributed by atoms with Crippen molar-refractivity contribution < 1.29 is 0 Å². The summed E-state index contributed by atoms with van der Waals surface area (Å²) in [6.45, 7) is 0. The van der Waals surface area contributed by atoms with Gasteiger partial charge < -0.3 is 5.73 Å². The van der Waals surface area contributed by atoms with Crippen molar-refractivity contribution in [3.63, 3.8) is 0 Å².